The Morgan fingerprint density at radius 3 is 2.81 bits per heavy atom. The average molecular weight is 287 g/mol. The molecule has 0 aliphatic carbocycles. The van der Waals surface area contributed by atoms with Crippen LogP contribution in [0.15, 0.2) is 30.3 Å². The van der Waals surface area contributed by atoms with Gasteiger partial charge in [0.05, 0.1) is 5.69 Å². The lowest BCUT2D eigenvalue weighted by atomic mass is 9.91. The van der Waals surface area contributed by atoms with Crippen molar-refractivity contribution in [3.05, 3.63) is 30.3 Å². The van der Waals surface area contributed by atoms with Crippen LogP contribution in [0.4, 0.5) is 5.95 Å². The summed E-state index contributed by atoms with van der Waals surface area (Å²) in [6.07, 6.45) is 1.84. The Balaban J connectivity index is 2.00. The van der Waals surface area contributed by atoms with Crippen molar-refractivity contribution in [3.63, 3.8) is 0 Å². The number of aromatic nitrogens is 4. The highest BCUT2D eigenvalue weighted by Gasteiger charge is 2.37. The molecule has 1 aliphatic rings. The fourth-order valence-corrected chi connectivity index (χ4v) is 2.89. The van der Waals surface area contributed by atoms with Gasteiger partial charge in [-0.15, -0.1) is 0 Å². The molecule has 0 spiro atoms. The molecule has 7 heteroatoms. The number of anilines is 1. The summed E-state index contributed by atoms with van der Waals surface area (Å²) in [6, 6.07) is 8.90. The van der Waals surface area contributed by atoms with E-state index in [-0.39, 0.29) is 5.92 Å². The van der Waals surface area contributed by atoms with E-state index in [0.29, 0.717) is 12.5 Å². The second-order valence-electron chi connectivity index (χ2n) is 5.32. The molecule has 21 heavy (non-hydrogen) atoms. The maximum atomic E-state index is 11.6. The van der Waals surface area contributed by atoms with Gasteiger partial charge in [0.2, 0.25) is 0 Å². The van der Waals surface area contributed by atoms with Crippen LogP contribution in [0.2, 0.25) is 0 Å². The van der Waals surface area contributed by atoms with Gasteiger partial charge >= 0.3 is 5.97 Å². The molecule has 1 aliphatic heterocycles. The Morgan fingerprint density at radius 2 is 2.10 bits per heavy atom. The van der Waals surface area contributed by atoms with Crippen LogP contribution in [0.1, 0.15) is 19.8 Å². The molecular weight excluding hydrogens is 270 g/mol. The molecule has 3 rings (SSSR count). The van der Waals surface area contributed by atoms with Crippen LogP contribution in [0, 0.1) is 5.92 Å². The van der Waals surface area contributed by atoms with Crippen LogP contribution in [0.25, 0.3) is 5.69 Å². The molecule has 2 aromatic rings. The summed E-state index contributed by atoms with van der Waals surface area (Å²) in [5, 5.41) is 21.3. The van der Waals surface area contributed by atoms with Crippen molar-refractivity contribution in [2.75, 3.05) is 11.4 Å². The van der Waals surface area contributed by atoms with E-state index in [4.69, 9.17) is 0 Å². The number of rotatable bonds is 3. The molecule has 0 bridgehead atoms. The normalized spacial score (nSPS) is 22.2. The van der Waals surface area contributed by atoms with E-state index < -0.39 is 12.0 Å². The van der Waals surface area contributed by atoms with Gasteiger partial charge in [0.15, 0.2) is 0 Å². The van der Waals surface area contributed by atoms with Gasteiger partial charge < -0.3 is 10.0 Å². The van der Waals surface area contributed by atoms with Gasteiger partial charge in [-0.2, -0.15) is 4.68 Å². The molecule has 2 unspecified atom stereocenters. The number of nitrogens with zero attached hydrogens (tertiary/aromatic N) is 5. The molecule has 1 fully saturated rings. The summed E-state index contributed by atoms with van der Waals surface area (Å²) in [7, 11) is 0. The van der Waals surface area contributed by atoms with Gasteiger partial charge in [0, 0.05) is 6.54 Å². The van der Waals surface area contributed by atoms with Crippen molar-refractivity contribution < 1.29 is 9.90 Å². The van der Waals surface area contributed by atoms with Crippen molar-refractivity contribution in [2.45, 2.75) is 25.8 Å². The Bertz CT molecular complexity index is 627. The van der Waals surface area contributed by atoms with E-state index in [0.717, 1.165) is 18.5 Å². The number of tetrazole rings is 1. The summed E-state index contributed by atoms with van der Waals surface area (Å²) < 4.78 is 1.59. The zero-order chi connectivity index (χ0) is 14.8. The summed E-state index contributed by atoms with van der Waals surface area (Å²) >= 11 is 0. The lowest BCUT2D eigenvalue weighted by Gasteiger charge is -2.37. The van der Waals surface area contributed by atoms with Gasteiger partial charge in [0.25, 0.3) is 5.95 Å². The quantitative estimate of drug-likeness (QED) is 0.917. The molecule has 0 radical (unpaired) electrons. The molecule has 1 aromatic carbocycles. The highest BCUT2D eigenvalue weighted by Crippen LogP contribution is 2.28. The highest BCUT2D eigenvalue weighted by atomic mass is 16.4. The number of piperidine rings is 1. The second kappa shape index (κ2) is 5.51. The van der Waals surface area contributed by atoms with Crippen LogP contribution in [0.3, 0.4) is 0 Å². The standard InChI is InChI=1S/C14H17N5O2/c1-10-6-5-9-18(12(10)13(20)21)14-15-16-17-19(14)11-7-3-2-4-8-11/h2-4,7-8,10,12H,5-6,9H2,1H3,(H,20,21). The van der Waals surface area contributed by atoms with E-state index in [1.54, 1.807) is 9.58 Å². The molecule has 2 heterocycles. The molecule has 2 atom stereocenters. The number of aliphatic carboxylic acids is 1. The van der Waals surface area contributed by atoms with Crippen LogP contribution in [-0.2, 0) is 4.79 Å². The summed E-state index contributed by atoms with van der Waals surface area (Å²) in [5.41, 5.74) is 0.819. The molecule has 1 saturated heterocycles. The number of carbonyl (C=O) groups is 1. The topological polar surface area (TPSA) is 84.1 Å². The third-order valence-electron chi connectivity index (χ3n) is 3.90. The van der Waals surface area contributed by atoms with Gasteiger partial charge in [-0.25, -0.2) is 4.79 Å². The van der Waals surface area contributed by atoms with Crippen LogP contribution < -0.4 is 4.90 Å². The van der Waals surface area contributed by atoms with E-state index in [1.165, 1.54) is 0 Å². The molecule has 0 saturated carbocycles. The Labute approximate surface area is 122 Å². The minimum atomic E-state index is -0.829. The maximum absolute atomic E-state index is 11.6. The van der Waals surface area contributed by atoms with Crippen molar-refractivity contribution in [1.29, 1.82) is 0 Å². The Kier molecular flexibility index (Phi) is 3.55. The number of benzene rings is 1. The number of carboxylic acids is 1. The van der Waals surface area contributed by atoms with Crippen molar-refractivity contribution in [2.24, 2.45) is 5.92 Å². The molecule has 110 valence electrons. The summed E-state index contributed by atoms with van der Waals surface area (Å²) in [4.78, 5) is 13.4. The van der Waals surface area contributed by atoms with Gasteiger partial charge in [-0.3, -0.25) is 0 Å². The largest absolute Gasteiger partial charge is 0.480 e. The molecule has 7 nitrogen and oxygen atoms in total. The number of para-hydroxylation sites is 1. The minimum Gasteiger partial charge on any atom is -0.480 e. The smallest absolute Gasteiger partial charge is 0.326 e. The Morgan fingerprint density at radius 1 is 1.33 bits per heavy atom. The van der Waals surface area contributed by atoms with Gasteiger partial charge in [-0.05, 0) is 41.3 Å². The molecule has 1 N–H and O–H groups in total. The third kappa shape index (κ3) is 2.46. The van der Waals surface area contributed by atoms with E-state index in [1.807, 2.05) is 37.3 Å². The molecular formula is C14H17N5O2. The predicted octanol–water partition coefficient (Wildman–Crippen LogP) is 1.35. The lowest BCUT2D eigenvalue weighted by Crippen LogP contribution is -2.50. The number of carboxylic acid groups (broad SMARTS) is 1. The first-order valence-corrected chi connectivity index (χ1v) is 7.01. The van der Waals surface area contributed by atoms with Crippen LogP contribution >= 0.6 is 0 Å². The fraction of sp³-hybridized carbons (Fsp3) is 0.429. The molecule has 1 aromatic heterocycles. The average Bonchev–Trinajstić information content (AvgIpc) is 2.96. The minimum absolute atomic E-state index is 0.0668. The van der Waals surface area contributed by atoms with Gasteiger partial charge in [0.1, 0.15) is 6.04 Å². The Hall–Kier alpha value is -2.44. The van der Waals surface area contributed by atoms with Crippen LogP contribution in [0.5, 0.6) is 0 Å². The monoisotopic (exact) mass is 287 g/mol. The lowest BCUT2D eigenvalue weighted by molar-refractivity contribution is -0.140. The van der Waals surface area contributed by atoms with E-state index in [2.05, 4.69) is 15.5 Å². The fourth-order valence-electron chi connectivity index (χ4n) is 2.89. The number of hydrogen-bond donors (Lipinski definition) is 1. The second-order valence-corrected chi connectivity index (χ2v) is 5.32. The first-order valence-electron chi connectivity index (χ1n) is 7.01. The zero-order valence-corrected chi connectivity index (χ0v) is 11.8. The van der Waals surface area contributed by atoms with Crippen molar-refractivity contribution >= 4 is 11.9 Å². The van der Waals surface area contributed by atoms with Gasteiger partial charge in [-0.1, -0.05) is 30.2 Å². The third-order valence-corrected chi connectivity index (χ3v) is 3.90. The predicted molar refractivity (Wildman–Crippen MR) is 76.3 cm³/mol. The first kappa shape index (κ1) is 13.5. The van der Waals surface area contributed by atoms with Crippen LogP contribution in [-0.4, -0.2) is 43.9 Å². The highest BCUT2D eigenvalue weighted by molar-refractivity contribution is 5.78. The summed E-state index contributed by atoms with van der Waals surface area (Å²) in [5.74, 6) is -0.276. The SMILES string of the molecule is CC1CCCN(c2nnnn2-c2ccccc2)C1C(=O)O. The van der Waals surface area contributed by atoms with Crippen molar-refractivity contribution in [1.82, 2.24) is 20.2 Å². The molecule has 0 amide bonds. The van der Waals surface area contributed by atoms with E-state index >= 15 is 0 Å². The zero-order valence-electron chi connectivity index (χ0n) is 11.8. The summed E-state index contributed by atoms with van der Waals surface area (Å²) in [6.45, 7) is 2.61. The first-order chi connectivity index (χ1) is 10.2. The maximum Gasteiger partial charge on any atom is 0.326 e. The van der Waals surface area contributed by atoms with E-state index in [9.17, 15) is 9.90 Å². The number of hydrogen-bond acceptors (Lipinski definition) is 5. The van der Waals surface area contributed by atoms with Crippen molar-refractivity contribution in [3.8, 4) is 5.69 Å².